The van der Waals surface area contributed by atoms with Gasteiger partial charge in [0.05, 0.1) is 11.6 Å². The summed E-state index contributed by atoms with van der Waals surface area (Å²) in [6.07, 6.45) is -4.55. The van der Waals surface area contributed by atoms with Crippen LogP contribution >= 0.6 is 11.3 Å². The van der Waals surface area contributed by atoms with Crippen LogP contribution < -0.4 is 5.73 Å². The highest BCUT2D eigenvalue weighted by Crippen LogP contribution is 2.37. The number of benzene rings is 1. The molecule has 0 fully saturated rings. The molecule has 1 aromatic carbocycles. The monoisotopic (exact) mass is 289 g/mol. The van der Waals surface area contributed by atoms with Crippen molar-refractivity contribution in [2.24, 2.45) is 5.73 Å². The van der Waals surface area contributed by atoms with E-state index >= 15 is 0 Å². The SMILES string of the molecule is Cc1sccc1C(N)c1cc(F)ccc1C(F)(F)F. The van der Waals surface area contributed by atoms with Gasteiger partial charge in [0.2, 0.25) is 0 Å². The molecule has 0 aliphatic carbocycles. The molecule has 1 atom stereocenters. The van der Waals surface area contributed by atoms with Crippen molar-refractivity contribution < 1.29 is 17.6 Å². The Morgan fingerprint density at radius 3 is 2.37 bits per heavy atom. The van der Waals surface area contributed by atoms with E-state index in [4.69, 9.17) is 5.73 Å². The number of hydrogen-bond donors (Lipinski definition) is 1. The van der Waals surface area contributed by atoms with E-state index < -0.39 is 23.6 Å². The number of alkyl halides is 3. The van der Waals surface area contributed by atoms with Crippen molar-refractivity contribution in [3.63, 3.8) is 0 Å². The number of rotatable bonds is 2. The van der Waals surface area contributed by atoms with Gasteiger partial charge in [-0.05, 0) is 47.7 Å². The maximum Gasteiger partial charge on any atom is 0.416 e. The molecule has 2 rings (SSSR count). The highest BCUT2D eigenvalue weighted by atomic mass is 32.1. The predicted octanol–water partition coefficient (Wildman–Crippen LogP) is 4.26. The van der Waals surface area contributed by atoms with E-state index in [9.17, 15) is 17.6 Å². The van der Waals surface area contributed by atoms with Crippen molar-refractivity contribution in [2.75, 3.05) is 0 Å². The van der Waals surface area contributed by atoms with Gasteiger partial charge < -0.3 is 5.73 Å². The highest BCUT2D eigenvalue weighted by Gasteiger charge is 2.35. The molecule has 6 heteroatoms. The third kappa shape index (κ3) is 2.79. The lowest BCUT2D eigenvalue weighted by Gasteiger charge is -2.18. The first-order valence-corrected chi connectivity index (χ1v) is 6.35. The first kappa shape index (κ1) is 14.0. The Morgan fingerprint density at radius 2 is 1.84 bits per heavy atom. The molecule has 0 aliphatic heterocycles. The third-order valence-electron chi connectivity index (χ3n) is 2.89. The van der Waals surface area contributed by atoms with Gasteiger partial charge in [0, 0.05) is 4.88 Å². The molecule has 1 unspecified atom stereocenters. The number of aryl methyl sites for hydroxylation is 1. The zero-order valence-corrected chi connectivity index (χ0v) is 10.8. The van der Waals surface area contributed by atoms with Crippen molar-refractivity contribution in [3.8, 4) is 0 Å². The van der Waals surface area contributed by atoms with Crippen molar-refractivity contribution >= 4 is 11.3 Å². The first-order chi connectivity index (χ1) is 8.80. The van der Waals surface area contributed by atoms with Gasteiger partial charge in [-0.15, -0.1) is 11.3 Å². The van der Waals surface area contributed by atoms with Gasteiger partial charge in [-0.3, -0.25) is 0 Å². The molecule has 0 bridgehead atoms. The Bertz CT molecular complexity index is 589. The average Bonchev–Trinajstić information content (AvgIpc) is 2.72. The van der Waals surface area contributed by atoms with E-state index in [-0.39, 0.29) is 5.56 Å². The number of halogens is 4. The summed E-state index contributed by atoms with van der Waals surface area (Å²) in [6, 6.07) is 3.05. The molecular formula is C13H11F4NS. The quantitative estimate of drug-likeness (QED) is 0.821. The Kier molecular flexibility index (Phi) is 3.64. The minimum atomic E-state index is -4.55. The summed E-state index contributed by atoms with van der Waals surface area (Å²) in [7, 11) is 0. The van der Waals surface area contributed by atoms with Crippen LogP contribution in [0.3, 0.4) is 0 Å². The minimum Gasteiger partial charge on any atom is -0.320 e. The van der Waals surface area contributed by atoms with Crippen LogP contribution in [0.25, 0.3) is 0 Å². The summed E-state index contributed by atoms with van der Waals surface area (Å²) >= 11 is 1.39. The fraction of sp³-hybridized carbons (Fsp3) is 0.231. The molecule has 102 valence electrons. The molecule has 0 amide bonds. The van der Waals surface area contributed by atoms with Crippen LogP contribution in [0.1, 0.15) is 27.6 Å². The summed E-state index contributed by atoms with van der Waals surface area (Å²) in [4.78, 5) is 0.824. The Labute approximate surface area is 111 Å². The van der Waals surface area contributed by atoms with Gasteiger partial charge in [-0.1, -0.05) is 0 Å². The normalized spacial score (nSPS) is 13.6. The van der Waals surface area contributed by atoms with Gasteiger partial charge in [0.15, 0.2) is 0 Å². The minimum absolute atomic E-state index is 0.242. The second kappa shape index (κ2) is 4.94. The largest absolute Gasteiger partial charge is 0.416 e. The van der Waals surface area contributed by atoms with E-state index in [2.05, 4.69) is 0 Å². The standard InChI is InChI=1S/C13H11F4NS/c1-7-9(4-5-19-7)12(18)10-6-8(14)2-3-11(10)13(15,16)17/h2-6,12H,18H2,1H3. The highest BCUT2D eigenvalue weighted by molar-refractivity contribution is 7.10. The lowest BCUT2D eigenvalue weighted by atomic mass is 9.95. The second-order valence-corrected chi connectivity index (χ2v) is 5.26. The number of thiophene rings is 1. The summed E-state index contributed by atoms with van der Waals surface area (Å²) in [6.45, 7) is 1.77. The lowest BCUT2D eigenvalue weighted by molar-refractivity contribution is -0.138. The van der Waals surface area contributed by atoms with Crippen molar-refractivity contribution in [3.05, 3.63) is 57.0 Å². The summed E-state index contributed by atoms with van der Waals surface area (Å²) in [5.41, 5.74) is 5.31. The summed E-state index contributed by atoms with van der Waals surface area (Å²) in [5, 5.41) is 1.75. The number of hydrogen-bond acceptors (Lipinski definition) is 2. The van der Waals surface area contributed by atoms with E-state index in [0.29, 0.717) is 5.56 Å². The molecule has 0 spiro atoms. The van der Waals surface area contributed by atoms with Crippen molar-refractivity contribution in [1.82, 2.24) is 0 Å². The van der Waals surface area contributed by atoms with Gasteiger partial charge >= 0.3 is 6.18 Å². The fourth-order valence-corrected chi connectivity index (χ4v) is 2.68. The zero-order chi connectivity index (χ0) is 14.2. The van der Waals surface area contributed by atoms with Crippen LogP contribution in [0.15, 0.2) is 29.6 Å². The molecule has 0 aliphatic rings. The first-order valence-electron chi connectivity index (χ1n) is 5.47. The van der Waals surface area contributed by atoms with Crippen LogP contribution in [0.4, 0.5) is 17.6 Å². The Morgan fingerprint density at radius 1 is 1.16 bits per heavy atom. The van der Waals surface area contributed by atoms with E-state index in [1.807, 2.05) is 0 Å². The Balaban J connectivity index is 2.55. The van der Waals surface area contributed by atoms with Gasteiger partial charge in [0.1, 0.15) is 5.82 Å². The molecular weight excluding hydrogens is 278 g/mol. The molecule has 0 radical (unpaired) electrons. The molecule has 1 aromatic heterocycles. The molecule has 0 saturated heterocycles. The maximum absolute atomic E-state index is 13.2. The lowest BCUT2D eigenvalue weighted by Crippen LogP contribution is -2.19. The maximum atomic E-state index is 13.2. The summed E-state index contributed by atoms with van der Waals surface area (Å²) in [5.74, 6) is -0.730. The molecule has 19 heavy (non-hydrogen) atoms. The van der Waals surface area contributed by atoms with Crippen molar-refractivity contribution in [1.29, 1.82) is 0 Å². The smallest absolute Gasteiger partial charge is 0.320 e. The van der Waals surface area contributed by atoms with Crippen LogP contribution in [-0.2, 0) is 6.18 Å². The van der Waals surface area contributed by atoms with Crippen LogP contribution in [0, 0.1) is 12.7 Å². The predicted molar refractivity (Wildman–Crippen MR) is 66.5 cm³/mol. The van der Waals surface area contributed by atoms with Crippen LogP contribution in [0.5, 0.6) is 0 Å². The van der Waals surface area contributed by atoms with E-state index in [0.717, 1.165) is 23.1 Å². The fourth-order valence-electron chi connectivity index (χ4n) is 1.93. The Hall–Kier alpha value is -1.40. The summed E-state index contributed by atoms with van der Waals surface area (Å²) < 4.78 is 51.9. The van der Waals surface area contributed by atoms with E-state index in [1.165, 1.54) is 11.3 Å². The molecule has 1 heterocycles. The molecule has 1 nitrogen and oxygen atoms in total. The second-order valence-electron chi connectivity index (χ2n) is 4.14. The zero-order valence-electron chi connectivity index (χ0n) is 9.96. The number of nitrogens with two attached hydrogens (primary N) is 1. The van der Waals surface area contributed by atoms with Gasteiger partial charge in [-0.2, -0.15) is 13.2 Å². The topological polar surface area (TPSA) is 26.0 Å². The van der Waals surface area contributed by atoms with E-state index in [1.54, 1.807) is 18.4 Å². The van der Waals surface area contributed by atoms with Gasteiger partial charge in [-0.25, -0.2) is 4.39 Å². The van der Waals surface area contributed by atoms with Crippen LogP contribution in [0.2, 0.25) is 0 Å². The average molecular weight is 289 g/mol. The third-order valence-corrected chi connectivity index (χ3v) is 3.75. The molecule has 2 aromatic rings. The van der Waals surface area contributed by atoms with Crippen LogP contribution in [-0.4, -0.2) is 0 Å². The molecule has 0 saturated carbocycles. The molecule has 2 N–H and O–H groups in total. The van der Waals surface area contributed by atoms with Crippen molar-refractivity contribution in [2.45, 2.75) is 19.1 Å². The van der Waals surface area contributed by atoms with Gasteiger partial charge in [0.25, 0.3) is 0 Å².